The van der Waals surface area contributed by atoms with Crippen LogP contribution in [-0.2, 0) is 19.2 Å². The predicted molar refractivity (Wildman–Crippen MR) is 66.6 cm³/mol. The summed E-state index contributed by atoms with van der Waals surface area (Å²) in [6.07, 6.45) is 0. The Morgan fingerprint density at radius 2 is 2.25 bits per heavy atom. The number of nitrogens with zero attached hydrogens (tertiary/aromatic N) is 3. The first kappa shape index (κ1) is 11.5. The Labute approximate surface area is 104 Å². The van der Waals surface area contributed by atoms with Gasteiger partial charge in [0.15, 0.2) is 5.82 Å². The number of rotatable bonds is 4. The Morgan fingerprint density at radius 1 is 1.44 bits per heavy atom. The van der Waals surface area contributed by atoms with Gasteiger partial charge in [0.1, 0.15) is 0 Å². The summed E-state index contributed by atoms with van der Waals surface area (Å²) in [4.78, 5) is 2.51. The van der Waals surface area contributed by atoms with Crippen molar-refractivity contribution in [3.63, 3.8) is 0 Å². The molecule has 16 heavy (non-hydrogen) atoms. The Bertz CT molecular complexity index is 447. The molecule has 6 heteroatoms. The molecule has 2 rings (SSSR count). The van der Waals surface area contributed by atoms with Crippen LogP contribution < -0.4 is 4.90 Å². The third-order valence-electron chi connectivity index (χ3n) is 2.29. The summed E-state index contributed by atoms with van der Waals surface area (Å²) >= 11 is 6.84. The molecule has 4 nitrogen and oxygen atoms in total. The molecule has 86 valence electrons. The normalized spacial score (nSPS) is 11.2. The van der Waals surface area contributed by atoms with Gasteiger partial charge in [0.05, 0.1) is 32.1 Å². The summed E-state index contributed by atoms with van der Waals surface area (Å²) in [7, 11) is 4.25. The van der Waals surface area contributed by atoms with E-state index in [0.717, 1.165) is 23.8 Å². The molecule has 0 saturated heterocycles. The Hall–Kier alpha value is -0.980. The molecule has 0 unspecified atom stereocenters. The van der Waals surface area contributed by atoms with Crippen LogP contribution in [-0.4, -0.2) is 35.4 Å². The van der Waals surface area contributed by atoms with Crippen molar-refractivity contribution in [1.29, 1.82) is 0 Å². The number of nitrogens with one attached hydrogen (secondary N) is 1. The number of quaternary nitrogens is 1. The van der Waals surface area contributed by atoms with Gasteiger partial charge in [-0.05, 0) is 11.4 Å². The van der Waals surface area contributed by atoms with Gasteiger partial charge >= 0.3 is 0 Å². The zero-order chi connectivity index (χ0) is 11.5. The Morgan fingerprint density at radius 3 is 2.88 bits per heavy atom. The van der Waals surface area contributed by atoms with E-state index in [1.54, 1.807) is 11.3 Å². The van der Waals surface area contributed by atoms with E-state index in [1.807, 2.05) is 22.1 Å². The van der Waals surface area contributed by atoms with Crippen molar-refractivity contribution in [2.75, 3.05) is 20.6 Å². The first-order chi connectivity index (χ1) is 7.68. The fourth-order valence-electron chi connectivity index (χ4n) is 1.41. The zero-order valence-corrected chi connectivity index (χ0v) is 10.9. The van der Waals surface area contributed by atoms with Crippen LogP contribution in [0.4, 0.5) is 0 Å². The fraction of sp³-hybridized carbons (Fsp3) is 0.400. The van der Waals surface area contributed by atoms with Crippen molar-refractivity contribution >= 4 is 24.0 Å². The summed E-state index contributed by atoms with van der Waals surface area (Å²) in [5, 5.41) is 10.7. The van der Waals surface area contributed by atoms with E-state index in [4.69, 9.17) is 12.6 Å². The van der Waals surface area contributed by atoms with Gasteiger partial charge in [-0.15, -0.1) is 16.4 Å². The monoisotopic (exact) mass is 254 g/mol. The molecule has 2 aromatic heterocycles. The third-order valence-corrected chi connectivity index (χ3v) is 3.46. The van der Waals surface area contributed by atoms with Gasteiger partial charge in [0, 0.05) is 5.16 Å². The molecule has 1 N–H and O–H groups in total. The second kappa shape index (κ2) is 4.90. The van der Waals surface area contributed by atoms with Crippen LogP contribution in [0.25, 0.3) is 10.7 Å². The maximum Gasteiger partial charge on any atom is 0.172 e. The molecule has 0 bridgehead atoms. The number of hydrogen-bond donors (Lipinski definition) is 1. The maximum absolute atomic E-state index is 5.18. The van der Waals surface area contributed by atoms with Crippen LogP contribution in [0, 0.1) is 0 Å². The van der Waals surface area contributed by atoms with E-state index in [2.05, 4.69) is 24.3 Å². The summed E-state index contributed by atoms with van der Waals surface area (Å²) in [6.45, 7) is 1.88. The average Bonchev–Trinajstić information content (AvgIpc) is 2.83. The van der Waals surface area contributed by atoms with Gasteiger partial charge in [-0.1, -0.05) is 6.07 Å². The van der Waals surface area contributed by atoms with E-state index in [-0.39, 0.29) is 0 Å². The number of likely N-dealkylation sites (N-methyl/N-ethyl adjacent to an activating group) is 1. The third kappa shape index (κ3) is 2.40. The van der Waals surface area contributed by atoms with E-state index < -0.39 is 0 Å². The van der Waals surface area contributed by atoms with Crippen molar-refractivity contribution in [2.45, 2.75) is 11.7 Å². The molecule has 0 radical (unpaired) electrons. The van der Waals surface area contributed by atoms with Crippen LogP contribution in [0.2, 0.25) is 0 Å². The van der Waals surface area contributed by atoms with Crippen LogP contribution >= 0.6 is 11.3 Å². The molecular weight excluding hydrogens is 240 g/mol. The van der Waals surface area contributed by atoms with Crippen LogP contribution in [0.1, 0.15) is 0 Å². The second-order valence-corrected chi connectivity index (χ2v) is 5.21. The first-order valence-corrected chi connectivity index (χ1v) is 6.40. The second-order valence-electron chi connectivity index (χ2n) is 3.89. The lowest BCUT2D eigenvalue weighted by atomic mass is 10.4. The number of hydrogen-bond acceptors (Lipinski definition) is 4. The van der Waals surface area contributed by atoms with Crippen molar-refractivity contribution < 1.29 is 4.90 Å². The van der Waals surface area contributed by atoms with Crippen molar-refractivity contribution in [3.8, 4) is 10.7 Å². The molecule has 0 spiro atoms. The quantitative estimate of drug-likeness (QED) is 0.784. The smallest absolute Gasteiger partial charge is 0.172 e. The lowest BCUT2D eigenvalue weighted by molar-refractivity contribution is -0.859. The highest BCUT2D eigenvalue weighted by Gasteiger charge is 2.09. The molecule has 2 aromatic rings. The molecule has 2 heterocycles. The van der Waals surface area contributed by atoms with E-state index in [0.29, 0.717) is 5.16 Å². The minimum atomic E-state index is 0.574. The zero-order valence-electron chi connectivity index (χ0n) is 9.30. The van der Waals surface area contributed by atoms with E-state index in [9.17, 15) is 0 Å². The van der Waals surface area contributed by atoms with Crippen LogP contribution in [0.3, 0.4) is 0 Å². The summed E-state index contributed by atoms with van der Waals surface area (Å²) in [5.74, 6) is 0.890. The highest BCUT2D eigenvalue weighted by molar-refractivity contribution is 7.58. The lowest BCUT2D eigenvalue weighted by Gasteiger charge is -2.13. The predicted octanol–water partition coefficient (Wildman–Crippen LogP) is 0.0569. The van der Waals surface area contributed by atoms with Crippen molar-refractivity contribution in [3.05, 3.63) is 17.5 Å². The average molecular weight is 254 g/mol. The molecule has 0 aliphatic rings. The molecule has 0 saturated carbocycles. The van der Waals surface area contributed by atoms with Gasteiger partial charge in [0.25, 0.3) is 0 Å². The van der Waals surface area contributed by atoms with Crippen LogP contribution in [0.5, 0.6) is 0 Å². The van der Waals surface area contributed by atoms with Crippen molar-refractivity contribution in [1.82, 2.24) is 14.8 Å². The lowest BCUT2D eigenvalue weighted by Crippen LogP contribution is -3.06. The van der Waals surface area contributed by atoms with Gasteiger partial charge in [-0.2, -0.15) is 5.10 Å². The van der Waals surface area contributed by atoms with Crippen molar-refractivity contribution in [2.24, 2.45) is 0 Å². The van der Waals surface area contributed by atoms with Gasteiger partial charge in [-0.3, -0.25) is 0 Å². The standard InChI is InChI=1S/C10H14N4S2/c1-13(2)5-6-14-9(11-12-10(14)15)8-4-3-7-16-8/h3-4,7H,5-6H2,1-2H3,(H,12,15). The SMILES string of the molecule is C[NH+](C)CCn1c([S-])nnc1-c1cccs1. The maximum atomic E-state index is 5.18. The Kier molecular flexibility index (Phi) is 3.52. The van der Waals surface area contributed by atoms with E-state index >= 15 is 0 Å². The topological polar surface area (TPSA) is 35.2 Å². The summed E-state index contributed by atoms with van der Waals surface area (Å²) < 4.78 is 2.01. The molecule has 0 aliphatic carbocycles. The van der Waals surface area contributed by atoms with Gasteiger partial charge in [0.2, 0.25) is 0 Å². The fourth-order valence-corrected chi connectivity index (χ4v) is 2.35. The first-order valence-electron chi connectivity index (χ1n) is 5.11. The molecule has 0 fully saturated rings. The molecule has 0 amide bonds. The Balaban J connectivity index is 2.26. The molecular formula is C10H14N4S2. The largest absolute Gasteiger partial charge is 0.740 e. The van der Waals surface area contributed by atoms with Gasteiger partial charge < -0.3 is 22.1 Å². The number of thiophene rings is 1. The minimum Gasteiger partial charge on any atom is -0.740 e. The minimum absolute atomic E-state index is 0.574. The van der Waals surface area contributed by atoms with E-state index in [1.165, 1.54) is 4.90 Å². The highest BCUT2D eigenvalue weighted by Crippen LogP contribution is 2.23. The molecule has 0 aromatic carbocycles. The number of aromatic nitrogens is 3. The van der Waals surface area contributed by atoms with Gasteiger partial charge in [-0.25, -0.2) is 0 Å². The van der Waals surface area contributed by atoms with Crippen LogP contribution in [0.15, 0.2) is 22.7 Å². The summed E-state index contributed by atoms with van der Waals surface area (Å²) in [5.41, 5.74) is 0. The summed E-state index contributed by atoms with van der Waals surface area (Å²) in [6, 6.07) is 4.06. The highest BCUT2D eigenvalue weighted by atomic mass is 32.1. The molecule has 0 aliphatic heterocycles. The molecule has 0 atom stereocenters.